The predicted octanol–water partition coefficient (Wildman–Crippen LogP) is 2.58. The number of aryl methyl sites for hydroxylation is 1. The van der Waals surface area contributed by atoms with Crippen molar-refractivity contribution >= 4 is 15.5 Å². The number of nitro benzene ring substituents is 1. The fraction of sp³-hybridized carbons (Fsp3) is 0.143. The van der Waals surface area contributed by atoms with Gasteiger partial charge in [-0.2, -0.15) is 0 Å². The molecule has 0 fully saturated rings. The van der Waals surface area contributed by atoms with Crippen molar-refractivity contribution in [1.82, 2.24) is 0 Å². The van der Waals surface area contributed by atoms with Gasteiger partial charge in [0.15, 0.2) is 15.6 Å². The first-order valence-electron chi connectivity index (χ1n) is 6.05. The van der Waals surface area contributed by atoms with Gasteiger partial charge in [-0.25, -0.2) is 8.42 Å². The first-order valence-corrected chi connectivity index (χ1v) is 7.70. The summed E-state index contributed by atoms with van der Waals surface area (Å²) in [7, 11) is -3.56. The van der Waals surface area contributed by atoms with E-state index in [0.29, 0.717) is 5.56 Å². The Bertz CT molecular complexity index is 782. The van der Waals surface area contributed by atoms with Crippen molar-refractivity contribution < 1.29 is 18.4 Å². The number of nitro groups is 1. The first kappa shape index (κ1) is 15.0. The van der Waals surface area contributed by atoms with Crippen LogP contribution in [-0.2, 0) is 15.6 Å². The number of phenolic OH excluding ortho intramolecular Hbond substituents is 1. The molecule has 0 aromatic heterocycles. The number of sulfone groups is 1. The number of hydrogen-bond acceptors (Lipinski definition) is 5. The Morgan fingerprint density at radius 3 is 2.29 bits per heavy atom. The van der Waals surface area contributed by atoms with Crippen molar-refractivity contribution in [3.63, 3.8) is 0 Å². The van der Waals surface area contributed by atoms with Gasteiger partial charge in [0.25, 0.3) is 0 Å². The van der Waals surface area contributed by atoms with Crippen LogP contribution in [0, 0.1) is 17.0 Å². The molecular formula is C14H13NO5S. The van der Waals surface area contributed by atoms with Crippen molar-refractivity contribution in [1.29, 1.82) is 0 Å². The van der Waals surface area contributed by atoms with E-state index >= 15 is 0 Å². The molecule has 2 aromatic carbocycles. The number of aromatic hydroxyl groups is 1. The van der Waals surface area contributed by atoms with Crippen molar-refractivity contribution in [2.45, 2.75) is 17.6 Å². The number of phenols is 1. The third-order valence-corrected chi connectivity index (χ3v) is 4.68. The standard InChI is InChI=1S/C14H13NO5S/c1-10-2-5-12(6-3-10)21(19,20)9-11-4-7-13(15(17)18)14(16)8-11/h2-8,16H,9H2,1H3. The van der Waals surface area contributed by atoms with E-state index in [-0.39, 0.29) is 10.6 Å². The Morgan fingerprint density at radius 2 is 1.76 bits per heavy atom. The quantitative estimate of drug-likeness (QED) is 0.691. The molecule has 21 heavy (non-hydrogen) atoms. The summed E-state index contributed by atoms with van der Waals surface area (Å²) >= 11 is 0. The van der Waals surface area contributed by atoms with Crippen LogP contribution in [0.3, 0.4) is 0 Å². The first-order chi connectivity index (χ1) is 9.79. The SMILES string of the molecule is Cc1ccc(S(=O)(=O)Cc2ccc([N+](=O)[O-])c(O)c2)cc1. The lowest BCUT2D eigenvalue weighted by molar-refractivity contribution is -0.385. The van der Waals surface area contributed by atoms with Gasteiger partial charge in [0.2, 0.25) is 0 Å². The highest BCUT2D eigenvalue weighted by molar-refractivity contribution is 7.90. The minimum absolute atomic E-state index is 0.172. The zero-order chi connectivity index (χ0) is 15.6. The van der Waals surface area contributed by atoms with Crippen LogP contribution in [0.1, 0.15) is 11.1 Å². The zero-order valence-corrected chi connectivity index (χ0v) is 12.0. The van der Waals surface area contributed by atoms with Gasteiger partial charge < -0.3 is 5.11 Å². The van der Waals surface area contributed by atoms with Crippen LogP contribution in [0.25, 0.3) is 0 Å². The van der Waals surface area contributed by atoms with E-state index < -0.39 is 26.2 Å². The molecule has 0 radical (unpaired) electrons. The molecule has 2 aromatic rings. The molecule has 7 heteroatoms. The van der Waals surface area contributed by atoms with E-state index in [9.17, 15) is 23.6 Å². The van der Waals surface area contributed by atoms with E-state index in [0.717, 1.165) is 17.7 Å². The van der Waals surface area contributed by atoms with Crippen LogP contribution in [0.15, 0.2) is 47.4 Å². The molecule has 1 N–H and O–H groups in total. The highest BCUT2D eigenvalue weighted by Gasteiger charge is 2.18. The minimum Gasteiger partial charge on any atom is -0.502 e. The van der Waals surface area contributed by atoms with Crippen LogP contribution in [-0.4, -0.2) is 18.4 Å². The summed E-state index contributed by atoms with van der Waals surface area (Å²) < 4.78 is 24.5. The van der Waals surface area contributed by atoms with Crippen molar-refractivity contribution in [2.24, 2.45) is 0 Å². The second kappa shape index (κ2) is 5.53. The number of hydrogen-bond donors (Lipinski definition) is 1. The normalized spacial score (nSPS) is 11.3. The van der Waals surface area contributed by atoms with Crippen LogP contribution in [0.2, 0.25) is 0 Å². The third kappa shape index (κ3) is 3.38. The Labute approximate surface area is 121 Å². The predicted molar refractivity (Wildman–Crippen MR) is 76.8 cm³/mol. The molecule has 0 saturated heterocycles. The summed E-state index contributed by atoms with van der Waals surface area (Å²) in [6.07, 6.45) is 0. The van der Waals surface area contributed by atoms with Gasteiger partial charge in [-0.1, -0.05) is 23.8 Å². The van der Waals surface area contributed by atoms with E-state index in [2.05, 4.69) is 0 Å². The van der Waals surface area contributed by atoms with Crippen LogP contribution >= 0.6 is 0 Å². The summed E-state index contributed by atoms with van der Waals surface area (Å²) in [6, 6.07) is 9.93. The average molecular weight is 307 g/mol. The second-order valence-electron chi connectivity index (χ2n) is 4.65. The van der Waals surface area contributed by atoms with E-state index in [4.69, 9.17) is 0 Å². The van der Waals surface area contributed by atoms with Gasteiger partial charge in [0.05, 0.1) is 15.6 Å². The smallest absolute Gasteiger partial charge is 0.310 e. The second-order valence-corrected chi connectivity index (χ2v) is 6.64. The highest BCUT2D eigenvalue weighted by Crippen LogP contribution is 2.28. The molecule has 0 unspecified atom stereocenters. The maximum absolute atomic E-state index is 12.2. The molecule has 0 atom stereocenters. The van der Waals surface area contributed by atoms with Gasteiger partial charge in [0, 0.05) is 6.07 Å². The Kier molecular flexibility index (Phi) is 3.95. The summed E-state index contributed by atoms with van der Waals surface area (Å²) in [4.78, 5) is 10.0. The molecule has 0 aliphatic heterocycles. The van der Waals surface area contributed by atoms with Gasteiger partial charge >= 0.3 is 5.69 Å². The lowest BCUT2D eigenvalue weighted by atomic mass is 10.2. The van der Waals surface area contributed by atoms with E-state index in [1.54, 1.807) is 12.1 Å². The Balaban J connectivity index is 2.31. The topological polar surface area (TPSA) is 97.5 Å². The van der Waals surface area contributed by atoms with Gasteiger partial charge in [-0.05, 0) is 30.7 Å². The molecule has 0 heterocycles. The molecule has 2 rings (SSSR count). The third-order valence-electron chi connectivity index (χ3n) is 2.97. The summed E-state index contributed by atoms with van der Waals surface area (Å²) in [5.41, 5.74) is 0.784. The average Bonchev–Trinajstić information content (AvgIpc) is 2.38. The summed E-state index contributed by atoms with van der Waals surface area (Å²) in [5, 5.41) is 20.1. The van der Waals surface area contributed by atoms with Crippen LogP contribution in [0.4, 0.5) is 5.69 Å². The molecule has 0 amide bonds. The fourth-order valence-electron chi connectivity index (χ4n) is 1.86. The molecular weight excluding hydrogens is 294 g/mol. The van der Waals surface area contributed by atoms with Crippen LogP contribution < -0.4 is 0 Å². The van der Waals surface area contributed by atoms with Gasteiger partial charge in [-0.15, -0.1) is 0 Å². The molecule has 0 saturated carbocycles. The van der Waals surface area contributed by atoms with Crippen molar-refractivity contribution in [2.75, 3.05) is 0 Å². The van der Waals surface area contributed by atoms with E-state index in [1.165, 1.54) is 18.2 Å². The van der Waals surface area contributed by atoms with E-state index in [1.807, 2.05) is 6.92 Å². The highest BCUT2D eigenvalue weighted by atomic mass is 32.2. The maximum atomic E-state index is 12.2. The Morgan fingerprint density at radius 1 is 1.14 bits per heavy atom. The summed E-state index contributed by atoms with van der Waals surface area (Å²) in [6.45, 7) is 1.85. The molecule has 0 aliphatic rings. The number of rotatable bonds is 4. The molecule has 110 valence electrons. The minimum atomic E-state index is -3.56. The lowest BCUT2D eigenvalue weighted by Crippen LogP contribution is -2.05. The zero-order valence-electron chi connectivity index (χ0n) is 11.2. The molecule has 0 aliphatic carbocycles. The Hall–Kier alpha value is -2.41. The molecule has 6 nitrogen and oxygen atoms in total. The largest absolute Gasteiger partial charge is 0.502 e. The number of nitrogens with zero attached hydrogens (tertiary/aromatic N) is 1. The lowest BCUT2D eigenvalue weighted by Gasteiger charge is -2.06. The maximum Gasteiger partial charge on any atom is 0.310 e. The monoisotopic (exact) mass is 307 g/mol. The molecule has 0 spiro atoms. The van der Waals surface area contributed by atoms with Gasteiger partial charge in [-0.3, -0.25) is 10.1 Å². The van der Waals surface area contributed by atoms with Crippen LogP contribution in [0.5, 0.6) is 5.75 Å². The number of benzene rings is 2. The molecule has 0 bridgehead atoms. The fourth-order valence-corrected chi connectivity index (χ4v) is 3.20. The van der Waals surface area contributed by atoms with Gasteiger partial charge in [0.1, 0.15) is 0 Å². The summed E-state index contributed by atoms with van der Waals surface area (Å²) in [5.74, 6) is -0.877. The van der Waals surface area contributed by atoms with Crippen molar-refractivity contribution in [3.05, 3.63) is 63.7 Å². The van der Waals surface area contributed by atoms with Crippen molar-refractivity contribution in [3.8, 4) is 5.75 Å².